The van der Waals surface area contributed by atoms with Gasteiger partial charge in [-0.3, -0.25) is 10.1 Å². The Hall–Kier alpha value is -2.21. The molecule has 0 N–H and O–H groups in total. The Bertz CT molecular complexity index is 657. The number of nitro benzene ring substituents is 1. The Morgan fingerprint density at radius 2 is 1.95 bits per heavy atom. The highest BCUT2D eigenvalue weighted by Gasteiger charge is 2.12. The molecule has 5 nitrogen and oxygen atoms in total. The summed E-state index contributed by atoms with van der Waals surface area (Å²) < 4.78 is 6.01. The van der Waals surface area contributed by atoms with Gasteiger partial charge in [-0.15, -0.1) is 0 Å². The van der Waals surface area contributed by atoms with Crippen LogP contribution in [0.1, 0.15) is 15.9 Å². The van der Waals surface area contributed by atoms with Gasteiger partial charge >= 0.3 is 5.97 Å². The van der Waals surface area contributed by atoms with Crippen LogP contribution in [0, 0.1) is 10.1 Å². The second-order valence-electron chi connectivity index (χ2n) is 4.01. The zero-order chi connectivity index (χ0) is 14.5. The Morgan fingerprint density at radius 3 is 2.65 bits per heavy atom. The van der Waals surface area contributed by atoms with Gasteiger partial charge in [0.1, 0.15) is 6.61 Å². The van der Waals surface area contributed by atoms with Crippen molar-refractivity contribution in [2.45, 2.75) is 6.61 Å². The van der Waals surface area contributed by atoms with Gasteiger partial charge < -0.3 is 4.74 Å². The summed E-state index contributed by atoms with van der Waals surface area (Å²) in [6, 6.07) is 12.8. The highest BCUT2D eigenvalue weighted by molar-refractivity contribution is 9.10. The SMILES string of the molecule is O=C(OCc1cccc(Br)c1)c1cccc([N+](=O)[O-])c1. The van der Waals surface area contributed by atoms with Crippen molar-refractivity contribution in [2.24, 2.45) is 0 Å². The van der Waals surface area contributed by atoms with Gasteiger partial charge in [-0.25, -0.2) is 4.79 Å². The molecule has 0 atom stereocenters. The van der Waals surface area contributed by atoms with Crippen LogP contribution in [0.4, 0.5) is 5.69 Å². The van der Waals surface area contributed by atoms with Gasteiger partial charge in [-0.05, 0) is 23.8 Å². The Morgan fingerprint density at radius 1 is 1.20 bits per heavy atom. The lowest BCUT2D eigenvalue weighted by molar-refractivity contribution is -0.384. The van der Waals surface area contributed by atoms with Crippen LogP contribution >= 0.6 is 15.9 Å². The molecule has 2 aromatic rings. The van der Waals surface area contributed by atoms with Gasteiger partial charge in [0.2, 0.25) is 0 Å². The average molecular weight is 336 g/mol. The lowest BCUT2D eigenvalue weighted by Crippen LogP contribution is -2.05. The second-order valence-corrected chi connectivity index (χ2v) is 4.93. The molecule has 0 spiro atoms. The van der Waals surface area contributed by atoms with Crippen LogP contribution < -0.4 is 0 Å². The van der Waals surface area contributed by atoms with Crippen LogP contribution in [-0.4, -0.2) is 10.9 Å². The van der Waals surface area contributed by atoms with E-state index in [0.29, 0.717) is 0 Å². The highest BCUT2D eigenvalue weighted by atomic mass is 79.9. The fourth-order valence-corrected chi connectivity index (χ4v) is 2.05. The molecule has 0 saturated heterocycles. The molecule has 0 unspecified atom stereocenters. The molecule has 2 rings (SSSR count). The summed E-state index contributed by atoms with van der Waals surface area (Å²) >= 11 is 3.32. The molecule has 0 heterocycles. The first-order chi connectivity index (χ1) is 9.56. The number of halogens is 1. The van der Waals surface area contributed by atoms with Gasteiger partial charge in [-0.1, -0.05) is 34.1 Å². The number of nitro groups is 1. The zero-order valence-electron chi connectivity index (χ0n) is 10.3. The maximum absolute atomic E-state index is 11.8. The number of carbonyl (C=O) groups excluding carboxylic acids is 1. The number of non-ortho nitro benzene ring substituents is 1. The van der Waals surface area contributed by atoms with E-state index in [0.717, 1.165) is 10.0 Å². The summed E-state index contributed by atoms with van der Waals surface area (Å²) in [5, 5.41) is 10.6. The minimum atomic E-state index is -0.589. The fourth-order valence-electron chi connectivity index (χ4n) is 1.61. The maximum Gasteiger partial charge on any atom is 0.338 e. The van der Waals surface area contributed by atoms with Crippen LogP contribution in [0.15, 0.2) is 53.0 Å². The standard InChI is InChI=1S/C14H10BrNO4/c15-12-5-1-3-10(7-12)9-20-14(17)11-4-2-6-13(8-11)16(18)19/h1-8H,9H2. The van der Waals surface area contributed by atoms with Gasteiger partial charge in [-0.2, -0.15) is 0 Å². The van der Waals surface area contributed by atoms with Crippen LogP contribution in [0.5, 0.6) is 0 Å². The number of benzene rings is 2. The van der Waals surface area contributed by atoms with E-state index >= 15 is 0 Å². The van der Waals surface area contributed by atoms with Crippen molar-refractivity contribution >= 4 is 27.6 Å². The van der Waals surface area contributed by atoms with E-state index in [2.05, 4.69) is 15.9 Å². The number of hydrogen-bond donors (Lipinski definition) is 0. The largest absolute Gasteiger partial charge is 0.457 e. The summed E-state index contributed by atoms with van der Waals surface area (Å²) in [6.07, 6.45) is 0. The summed E-state index contributed by atoms with van der Waals surface area (Å²) in [5.74, 6) is -0.589. The van der Waals surface area contributed by atoms with E-state index in [1.165, 1.54) is 24.3 Å². The van der Waals surface area contributed by atoms with Crippen molar-refractivity contribution in [3.63, 3.8) is 0 Å². The fraction of sp³-hybridized carbons (Fsp3) is 0.0714. The summed E-state index contributed by atoms with van der Waals surface area (Å²) in [7, 11) is 0. The van der Waals surface area contributed by atoms with Crippen LogP contribution in [0.2, 0.25) is 0 Å². The van der Waals surface area contributed by atoms with E-state index in [1.807, 2.05) is 24.3 Å². The Balaban J connectivity index is 2.05. The minimum Gasteiger partial charge on any atom is -0.457 e. The first-order valence-corrected chi connectivity index (χ1v) is 6.51. The molecule has 102 valence electrons. The van der Waals surface area contributed by atoms with Crippen molar-refractivity contribution in [1.29, 1.82) is 0 Å². The lowest BCUT2D eigenvalue weighted by atomic mass is 10.2. The first kappa shape index (κ1) is 14.2. The molecular weight excluding hydrogens is 326 g/mol. The Labute approximate surface area is 123 Å². The molecule has 0 saturated carbocycles. The molecule has 0 radical (unpaired) electrons. The van der Waals surface area contributed by atoms with Gasteiger partial charge in [0.15, 0.2) is 0 Å². The number of hydrogen-bond acceptors (Lipinski definition) is 4. The van der Waals surface area contributed by atoms with Gasteiger partial charge in [0.25, 0.3) is 5.69 Å². The predicted octanol–water partition coefficient (Wildman–Crippen LogP) is 3.71. The third-order valence-electron chi connectivity index (χ3n) is 2.55. The summed E-state index contributed by atoms with van der Waals surface area (Å²) in [5.41, 5.74) is 0.856. The molecule has 0 aliphatic rings. The first-order valence-electron chi connectivity index (χ1n) is 5.72. The van der Waals surface area contributed by atoms with Crippen LogP contribution in [0.3, 0.4) is 0 Å². The Kier molecular flexibility index (Phi) is 4.47. The van der Waals surface area contributed by atoms with Crippen molar-refractivity contribution in [2.75, 3.05) is 0 Å². The highest BCUT2D eigenvalue weighted by Crippen LogP contribution is 2.16. The van der Waals surface area contributed by atoms with Crippen LogP contribution in [-0.2, 0) is 11.3 Å². The van der Waals surface area contributed by atoms with Crippen molar-refractivity contribution < 1.29 is 14.5 Å². The van der Waals surface area contributed by atoms with E-state index in [4.69, 9.17) is 4.74 Å². The van der Waals surface area contributed by atoms with E-state index in [1.54, 1.807) is 0 Å². The topological polar surface area (TPSA) is 69.4 Å². The minimum absolute atomic E-state index is 0.112. The second kappa shape index (κ2) is 6.29. The van der Waals surface area contributed by atoms with Gasteiger partial charge in [0.05, 0.1) is 10.5 Å². The normalized spacial score (nSPS) is 10.1. The summed E-state index contributed by atoms with van der Waals surface area (Å²) in [6.45, 7) is 0.112. The monoisotopic (exact) mass is 335 g/mol. The van der Waals surface area contributed by atoms with Gasteiger partial charge in [0, 0.05) is 16.6 Å². The third kappa shape index (κ3) is 3.64. The van der Waals surface area contributed by atoms with Crippen molar-refractivity contribution in [3.05, 3.63) is 74.2 Å². The smallest absolute Gasteiger partial charge is 0.338 e. The van der Waals surface area contributed by atoms with E-state index in [9.17, 15) is 14.9 Å². The predicted molar refractivity (Wildman–Crippen MR) is 76.4 cm³/mol. The van der Waals surface area contributed by atoms with E-state index < -0.39 is 10.9 Å². The lowest BCUT2D eigenvalue weighted by Gasteiger charge is -2.05. The number of carbonyl (C=O) groups is 1. The molecule has 6 heteroatoms. The van der Waals surface area contributed by atoms with E-state index in [-0.39, 0.29) is 17.9 Å². The quantitative estimate of drug-likeness (QED) is 0.485. The molecule has 0 amide bonds. The molecule has 0 aliphatic heterocycles. The molecule has 2 aromatic carbocycles. The molecule has 0 aromatic heterocycles. The molecule has 0 aliphatic carbocycles. The number of rotatable bonds is 4. The maximum atomic E-state index is 11.8. The van der Waals surface area contributed by atoms with Crippen molar-refractivity contribution in [3.8, 4) is 0 Å². The molecule has 0 fully saturated rings. The summed E-state index contributed by atoms with van der Waals surface area (Å²) in [4.78, 5) is 21.9. The van der Waals surface area contributed by atoms with Crippen LogP contribution in [0.25, 0.3) is 0 Å². The molecule has 0 bridgehead atoms. The average Bonchev–Trinajstić information content (AvgIpc) is 2.45. The zero-order valence-corrected chi connectivity index (χ0v) is 11.9. The number of ether oxygens (including phenoxy) is 1. The molecule has 20 heavy (non-hydrogen) atoms. The number of nitrogens with zero attached hydrogens (tertiary/aromatic N) is 1. The van der Waals surface area contributed by atoms with Crippen molar-refractivity contribution in [1.82, 2.24) is 0 Å². The number of esters is 1. The third-order valence-corrected chi connectivity index (χ3v) is 3.04. The molecular formula is C14H10BrNO4.